The van der Waals surface area contributed by atoms with Crippen molar-refractivity contribution in [2.75, 3.05) is 0 Å². The summed E-state index contributed by atoms with van der Waals surface area (Å²) in [6.45, 7) is 3.56. The van der Waals surface area contributed by atoms with Crippen LogP contribution in [0.2, 0.25) is 0 Å². The van der Waals surface area contributed by atoms with E-state index in [2.05, 4.69) is 0 Å². The van der Waals surface area contributed by atoms with Crippen LogP contribution in [0.1, 0.15) is 19.4 Å². The molecule has 0 atom stereocenters. The SMILES string of the molecule is CC(C)(c1ccccc1)P(=O)(Cl)Cl. The van der Waals surface area contributed by atoms with Gasteiger partial charge in [0.15, 0.2) is 0 Å². The molecule has 0 spiro atoms. The first-order valence-corrected chi connectivity index (χ1v) is 7.42. The summed E-state index contributed by atoms with van der Waals surface area (Å²) in [5.74, 6) is -3.15. The highest BCUT2D eigenvalue weighted by molar-refractivity contribution is 8.09. The summed E-state index contributed by atoms with van der Waals surface area (Å²) in [4.78, 5) is 0. The van der Waals surface area contributed by atoms with Gasteiger partial charge in [0.1, 0.15) is 0 Å². The Labute approximate surface area is 88.0 Å². The highest BCUT2D eigenvalue weighted by Gasteiger charge is 2.38. The molecular formula is C9H11Cl2OP. The van der Waals surface area contributed by atoms with Crippen LogP contribution in [0.15, 0.2) is 30.3 Å². The van der Waals surface area contributed by atoms with Gasteiger partial charge in [0.05, 0.1) is 5.16 Å². The molecule has 0 unspecified atom stereocenters. The Bertz CT molecular complexity index is 329. The minimum Gasteiger partial charge on any atom is -0.288 e. The van der Waals surface area contributed by atoms with Gasteiger partial charge >= 0.3 is 0 Å². The predicted molar refractivity (Wildman–Crippen MR) is 58.8 cm³/mol. The highest BCUT2D eigenvalue weighted by Crippen LogP contribution is 2.70. The smallest absolute Gasteiger partial charge is 0.262 e. The van der Waals surface area contributed by atoms with Crippen LogP contribution in [0.5, 0.6) is 0 Å². The number of hydrogen-bond acceptors (Lipinski definition) is 1. The lowest BCUT2D eigenvalue weighted by molar-refractivity contribution is 0.567. The number of benzene rings is 1. The Hall–Kier alpha value is 0.0300. The lowest BCUT2D eigenvalue weighted by atomic mass is 10.0. The average molecular weight is 237 g/mol. The summed E-state index contributed by atoms with van der Waals surface area (Å²) in [5.41, 5.74) is 0.892. The average Bonchev–Trinajstić information content (AvgIpc) is 2.04. The molecule has 0 heterocycles. The second kappa shape index (κ2) is 3.65. The van der Waals surface area contributed by atoms with Crippen molar-refractivity contribution in [3.8, 4) is 0 Å². The first-order valence-electron chi connectivity index (χ1n) is 3.90. The van der Waals surface area contributed by atoms with Crippen LogP contribution in [-0.4, -0.2) is 0 Å². The molecule has 0 amide bonds. The predicted octanol–water partition coefficient (Wildman–Crippen LogP) is 4.59. The van der Waals surface area contributed by atoms with Crippen LogP contribution in [-0.2, 0) is 9.72 Å². The van der Waals surface area contributed by atoms with Crippen molar-refractivity contribution in [3.63, 3.8) is 0 Å². The zero-order valence-corrected chi connectivity index (χ0v) is 9.90. The van der Waals surface area contributed by atoms with E-state index in [0.29, 0.717) is 0 Å². The number of rotatable bonds is 2. The van der Waals surface area contributed by atoms with E-state index in [9.17, 15) is 4.57 Å². The van der Waals surface area contributed by atoms with Crippen molar-refractivity contribution in [2.24, 2.45) is 0 Å². The molecule has 0 aliphatic heterocycles. The van der Waals surface area contributed by atoms with Crippen LogP contribution in [0.4, 0.5) is 0 Å². The van der Waals surface area contributed by atoms with Crippen LogP contribution in [0.3, 0.4) is 0 Å². The van der Waals surface area contributed by atoms with E-state index in [-0.39, 0.29) is 0 Å². The van der Waals surface area contributed by atoms with Gasteiger partial charge in [-0.15, -0.1) is 0 Å². The van der Waals surface area contributed by atoms with Gasteiger partial charge in [-0.25, -0.2) is 0 Å². The van der Waals surface area contributed by atoms with Gasteiger partial charge < -0.3 is 0 Å². The molecule has 0 saturated carbocycles. The van der Waals surface area contributed by atoms with Crippen molar-refractivity contribution < 1.29 is 4.57 Å². The third-order valence-electron chi connectivity index (χ3n) is 2.13. The van der Waals surface area contributed by atoms with Crippen LogP contribution < -0.4 is 0 Å². The van der Waals surface area contributed by atoms with E-state index in [1.165, 1.54) is 0 Å². The molecule has 1 rings (SSSR count). The summed E-state index contributed by atoms with van der Waals surface area (Å²) >= 11 is 11.4. The largest absolute Gasteiger partial charge is 0.288 e. The molecule has 72 valence electrons. The van der Waals surface area contributed by atoms with Gasteiger partial charge in [0.2, 0.25) is 0 Å². The summed E-state index contributed by atoms with van der Waals surface area (Å²) in [6, 6.07) is 9.39. The fourth-order valence-electron chi connectivity index (χ4n) is 0.996. The van der Waals surface area contributed by atoms with Crippen LogP contribution in [0.25, 0.3) is 0 Å². The van der Waals surface area contributed by atoms with E-state index < -0.39 is 11.0 Å². The van der Waals surface area contributed by atoms with E-state index in [1.54, 1.807) is 13.8 Å². The lowest BCUT2D eigenvalue weighted by Crippen LogP contribution is -2.12. The molecule has 0 aliphatic rings. The van der Waals surface area contributed by atoms with Gasteiger partial charge in [-0.05, 0) is 41.9 Å². The third kappa shape index (κ3) is 2.28. The molecule has 0 radical (unpaired) electrons. The molecule has 1 nitrogen and oxygen atoms in total. The molecule has 0 fully saturated rings. The van der Waals surface area contributed by atoms with E-state index >= 15 is 0 Å². The maximum atomic E-state index is 11.6. The van der Waals surface area contributed by atoms with Crippen molar-refractivity contribution in [2.45, 2.75) is 19.0 Å². The molecule has 13 heavy (non-hydrogen) atoms. The zero-order valence-electron chi connectivity index (χ0n) is 7.50. The lowest BCUT2D eigenvalue weighted by Gasteiger charge is -2.25. The standard InChI is InChI=1S/C9H11Cl2OP/c1-9(2,13(10,11)12)8-6-4-3-5-7-8/h3-7H,1-2H3. The quantitative estimate of drug-likeness (QED) is 0.687. The van der Waals surface area contributed by atoms with Crippen LogP contribution in [0, 0.1) is 0 Å². The Morgan fingerprint density at radius 2 is 1.62 bits per heavy atom. The summed E-state index contributed by atoms with van der Waals surface area (Å²) in [5, 5.41) is -0.683. The first kappa shape index (κ1) is 11.1. The molecular weight excluding hydrogens is 226 g/mol. The Morgan fingerprint density at radius 3 is 2.00 bits per heavy atom. The zero-order chi connectivity index (χ0) is 10.1. The maximum Gasteiger partial charge on any atom is 0.262 e. The van der Waals surface area contributed by atoms with Gasteiger partial charge in [-0.1, -0.05) is 30.3 Å². The second-order valence-corrected chi connectivity index (χ2v) is 8.81. The van der Waals surface area contributed by atoms with Gasteiger partial charge in [0.25, 0.3) is 5.85 Å². The van der Waals surface area contributed by atoms with Crippen LogP contribution >= 0.6 is 28.3 Å². The maximum absolute atomic E-state index is 11.6. The fraction of sp³-hybridized carbons (Fsp3) is 0.333. The molecule has 0 aliphatic carbocycles. The normalized spacial score (nSPS) is 12.9. The van der Waals surface area contributed by atoms with Crippen molar-refractivity contribution in [1.29, 1.82) is 0 Å². The summed E-state index contributed by atoms with van der Waals surface area (Å²) in [7, 11) is 0. The minimum absolute atomic E-state index is 0.683. The minimum atomic E-state index is -3.15. The van der Waals surface area contributed by atoms with E-state index in [1.807, 2.05) is 30.3 Å². The van der Waals surface area contributed by atoms with Gasteiger partial charge in [0, 0.05) is 0 Å². The molecule has 0 aromatic heterocycles. The highest BCUT2D eigenvalue weighted by atomic mass is 35.9. The van der Waals surface area contributed by atoms with Crippen molar-refractivity contribution >= 4 is 28.3 Å². The fourth-order valence-corrected chi connectivity index (χ4v) is 2.03. The van der Waals surface area contributed by atoms with Crippen molar-refractivity contribution in [1.82, 2.24) is 0 Å². The summed E-state index contributed by atoms with van der Waals surface area (Å²) < 4.78 is 11.6. The van der Waals surface area contributed by atoms with Crippen molar-refractivity contribution in [3.05, 3.63) is 35.9 Å². The Kier molecular flexibility index (Phi) is 3.12. The third-order valence-corrected chi connectivity index (χ3v) is 6.23. The number of hydrogen-bond donors (Lipinski definition) is 0. The Morgan fingerprint density at radius 1 is 1.15 bits per heavy atom. The molecule has 0 saturated heterocycles. The van der Waals surface area contributed by atoms with Gasteiger partial charge in [-0.3, -0.25) is 4.57 Å². The summed E-state index contributed by atoms with van der Waals surface area (Å²) in [6.07, 6.45) is 0. The topological polar surface area (TPSA) is 17.1 Å². The molecule has 1 aromatic rings. The number of halogens is 2. The van der Waals surface area contributed by atoms with E-state index in [0.717, 1.165) is 5.56 Å². The molecule has 1 aromatic carbocycles. The second-order valence-electron chi connectivity index (χ2n) is 3.39. The molecule has 0 N–H and O–H groups in total. The monoisotopic (exact) mass is 236 g/mol. The van der Waals surface area contributed by atoms with E-state index in [4.69, 9.17) is 22.5 Å². The first-order chi connectivity index (χ1) is 5.86. The Balaban J connectivity index is 3.16. The van der Waals surface area contributed by atoms with Gasteiger partial charge in [-0.2, -0.15) is 0 Å². The molecule has 0 bridgehead atoms. The molecule has 4 heteroatoms.